The molecular formula is C24H23ClN2O2. The van der Waals surface area contributed by atoms with Gasteiger partial charge in [0, 0.05) is 11.4 Å². The largest absolute Gasteiger partial charge is 0.368 e. The van der Waals surface area contributed by atoms with Crippen molar-refractivity contribution in [1.29, 1.82) is 0 Å². The van der Waals surface area contributed by atoms with E-state index in [1.54, 1.807) is 6.07 Å². The number of hydrogen-bond donors (Lipinski definition) is 2. The van der Waals surface area contributed by atoms with Gasteiger partial charge >= 0.3 is 0 Å². The second-order valence-corrected chi connectivity index (χ2v) is 7.49. The van der Waals surface area contributed by atoms with Crippen LogP contribution in [0.15, 0.2) is 84.9 Å². The number of primary amides is 1. The third kappa shape index (κ3) is 4.49. The Bertz CT molecular complexity index is 951. The van der Waals surface area contributed by atoms with Crippen molar-refractivity contribution in [3.05, 3.63) is 107 Å². The van der Waals surface area contributed by atoms with Crippen LogP contribution < -0.4 is 11.1 Å². The van der Waals surface area contributed by atoms with E-state index in [1.807, 2.05) is 85.8 Å². The lowest BCUT2D eigenvalue weighted by Crippen LogP contribution is -2.52. The first-order valence-corrected chi connectivity index (χ1v) is 9.75. The summed E-state index contributed by atoms with van der Waals surface area (Å²) in [6.45, 7) is 1.85. The number of benzene rings is 3. The van der Waals surface area contributed by atoms with Gasteiger partial charge in [-0.05, 0) is 29.7 Å². The summed E-state index contributed by atoms with van der Waals surface area (Å²) in [6, 6.07) is 25.3. The number of amides is 2. The molecule has 3 N–H and O–H groups in total. The maximum atomic E-state index is 13.5. The first-order chi connectivity index (χ1) is 13.9. The average Bonchev–Trinajstić information content (AvgIpc) is 2.75. The van der Waals surface area contributed by atoms with Gasteiger partial charge in [0.2, 0.25) is 11.8 Å². The molecule has 1 atom stereocenters. The van der Waals surface area contributed by atoms with E-state index in [-0.39, 0.29) is 12.3 Å². The van der Waals surface area contributed by atoms with Crippen LogP contribution in [0.4, 0.5) is 0 Å². The summed E-state index contributed by atoms with van der Waals surface area (Å²) in [5.74, 6) is -0.910. The van der Waals surface area contributed by atoms with Gasteiger partial charge in [-0.3, -0.25) is 9.59 Å². The molecule has 29 heavy (non-hydrogen) atoms. The van der Waals surface area contributed by atoms with E-state index in [9.17, 15) is 9.59 Å². The smallest absolute Gasteiger partial charge is 0.240 e. The molecule has 0 aliphatic heterocycles. The van der Waals surface area contributed by atoms with E-state index in [0.29, 0.717) is 5.02 Å². The summed E-state index contributed by atoms with van der Waals surface area (Å²) in [5.41, 5.74) is 7.01. The van der Waals surface area contributed by atoms with Crippen molar-refractivity contribution in [1.82, 2.24) is 5.32 Å². The van der Waals surface area contributed by atoms with E-state index in [1.165, 1.54) is 0 Å². The Kier molecular flexibility index (Phi) is 6.35. The van der Waals surface area contributed by atoms with Gasteiger partial charge < -0.3 is 11.1 Å². The van der Waals surface area contributed by atoms with E-state index >= 15 is 0 Å². The van der Waals surface area contributed by atoms with Crippen LogP contribution in [-0.4, -0.2) is 17.9 Å². The van der Waals surface area contributed by atoms with Crippen molar-refractivity contribution >= 4 is 23.4 Å². The highest BCUT2D eigenvalue weighted by Gasteiger charge is 2.38. The molecule has 3 aromatic rings. The van der Waals surface area contributed by atoms with Crippen molar-refractivity contribution in [3.63, 3.8) is 0 Å². The predicted octanol–water partition coefficient (Wildman–Crippen LogP) is 3.86. The second kappa shape index (κ2) is 8.93. The van der Waals surface area contributed by atoms with Crippen molar-refractivity contribution in [2.24, 2.45) is 5.73 Å². The molecule has 0 fully saturated rings. The number of nitrogens with two attached hydrogens (primary N) is 1. The Labute approximate surface area is 175 Å². The van der Waals surface area contributed by atoms with Crippen LogP contribution >= 0.6 is 11.6 Å². The first-order valence-electron chi connectivity index (χ1n) is 9.37. The van der Waals surface area contributed by atoms with E-state index in [4.69, 9.17) is 17.3 Å². The van der Waals surface area contributed by atoms with Gasteiger partial charge in [-0.1, -0.05) is 90.5 Å². The number of carbonyl (C=O) groups excluding carboxylic acids is 2. The van der Waals surface area contributed by atoms with Gasteiger partial charge in [-0.2, -0.15) is 0 Å². The van der Waals surface area contributed by atoms with Gasteiger partial charge in [0.25, 0.3) is 0 Å². The zero-order chi connectivity index (χ0) is 20.9. The van der Waals surface area contributed by atoms with E-state index in [0.717, 1.165) is 16.7 Å². The lowest BCUT2D eigenvalue weighted by Gasteiger charge is -2.31. The topological polar surface area (TPSA) is 72.2 Å². The third-order valence-corrected chi connectivity index (χ3v) is 5.56. The fourth-order valence-corrected chi connectivity index (χ4v) is 3.59. The molecule has 0 aliphatic carbocycles. The summed E-state index contributed by atoms with van der Waals surface area (Å²) in [4.78, 5) is 25.6. The Morgan fingerprint density at radius 3 is 1.86 bits per heavy atom. The first kappa shape index (κ1) is 20.6. The molecule has 0 saturated heterocycles. The molecule has 2 amide bonds. The molecule has 4 nitrogen and oxygen atoms in total. The van der Waals surface area contributed by atoms with Crippen LogP contribution in [0, 0.1) is 0 Å². The highest BCUT2D eigenvalue weighted by Crippen LogP contribution is 2.32. The molecular weight excluding hydrogens is 384 g/mol. The summed E-state index contributed by atoms with van der Waals surface area (Å²) in [5, 5.41) is 3.39. The molecule has 0 radical (unpaired) electrons. The molecule has 0 bridgehead atoms. The summed E-state index contributed by atoms with van der Waals surface area (Å²) < 4.78 is 0. The minimum Gasteiger partial charge on any atom is -0.368 e. The Morgan fingerprint density at radius 2 is 1.38 bits per heavy atom. The quantitative estimate of drug-likeness (QED) is 0.625. The van der Waals surface area contributed by atoms with Crippen molar-refractivity contribution < 1.29 is 9.59 Å². The molecule has 148 valence electrons. The van der Waals surface area contributed by atoms with Gasteiger partial charge in [0.05, 0.1) is 5.41 Å². The molecule has 0 saturated carbocycles. The Balaban J connectivity index is 1.95. The summed E-state index contributed by atoms with van der Waals surface area (Å²) in [6.07, 6.45) is 0.223. The summed E-state index contributed by atoms with van der Waals surface area (Å²) in [7, 11) is 0. The van der Waals surface area contributed by atoms with Crippen LogP contribution in [0.5, 0.6) is 0 Å². The maximum absolute atomic E-state index is 13.5. The lowest BCUT2D eigenvalue weighted by molar-refractivity contribution is -0.129. The highest BCUT2D eigenvalue weighted by molar-refractivity contribution is 6.31. The Morgan fingerprint density at radius 1 is 0.897 bits per heavy atom. The second-order valence-electron chi connectivity index (χ2n) is 7.08. The van der Waals surface area contributed by atoms with Gasteiger partial charge in [-0.25, -0.2) is 0 Å². The number of carbonyl (C=O) groups is 2. The number of rotatable bonds is 7. The van der Waals surface area contributed by atoms with Crippen LogP contribution in [-0.2, 0) is 21.4 Å². The van der Waals surface area contributed by atoms with Gasteiger partial charge in [-0.15, -0.1) is 0 Å². The monoisotopic (exact) mass is 406 g/mol. The predicted molar refractivity (Wildman–Crippen MR) is 116 cm³/mol. The highest BCUT2D eigenvalue weighted by atomic mass is 35.5. The zero-order valence-corrected chi connectivity index (χ0v) is 16.9. The molecule has 5 heteroatoms. The summed E-state index contributed by atoms with van der Waals surface area (Å²) >= 11 is 6.23. The lowest BCUT2D eigenvalue weighted by atomic mass is 9.75. The number of nitrogens with one attached hydrogen (secondary N) is 1. The fraction of sp³-hybridized carbons (Fsp3) is 0.167. The molecule has 3 aromatic carbocycles. The average molecular weight is 407 g/mol. The normalized spacial score (nSPS) is 12.2. The Hall–Kier alpha value is -3.11. The van der Waals surface area contributed by atoms with Crippen molar-refractivity contribution in [2.45, 2.75) is 24.8 Å². The molecule has 0 heterocycles. The number of halogens is 1. The maximum Gasteiger partial charge on any atom is 0.240 e. The van der Waals surface area contributed by atoms with Crippen molar-refractivity contribution in [2.75, 3.05) is 0 Å². The molecule has 0 aliphatic rings. The molecule has 0 unspecified atom stereocenters. The fourth-order valence-electron chi connectivity index (χ4n) is 3.38. The molecule has 3 rings (SSSR count). The third-order valence-electron chi connectivity index (χ3n) is 5.19. The van der Waals surface area contributed by atoms with Crippen LogP contribution in [0.1, 0.15) is 23.6 Å². The zero-order valence-electron chi connectivity index (χ0n) is 16.1. The van der Waals surface area contributed by atoms with E-state index in [2.05, 4.69) is 5.32 Å². The standard InChI is InChI=1S/C24H23ClN2O2/c1-24(18-11-4-2-5-12-18,19-13-6-3-7-14-19)23(29)27-21(22(26)28)16-17-10-8-9-15-20(17)25/h2-15,21H,16H2,1H3,(H2,26,28)(H,27,29)/t21-/m0/s1. The van der Waals surface area contributed by atoms with Crippen LogP contribution in [0.2, 0.25) is 5.02 Å². The van der Waals surface area contributed by atoms with Gasteiger partial charge in [0.15, 0.2) is 0 Å². The number of hydrogen-bond acceptors (Lipinski definition) is 2. The SMILES string of the molecule is CC(C(=O)N[C@@H](Cc1ccccc1Cl)C(N)=O)(c1ccccc1)c1ccccc1. The minimum atomic E-state index is -0.989. The van der Waals surface area contributed by atoms with E-state index < -0.39 is 17.4 Å². The van der Waals surface area contributed by atoms with Crippen LogP contribution in [0.25, 0.3) is 0 Å². The van der Waals surface area contributed by atoms with Crippen LogP contribution in [0.3, 0.4) is 0 Å². The minimum absolute atomic E-state index is 0.223. The molecule has 0 spiro atoms. The molecule has 0 aromatic heterocycles. The van der Waals surface area contributed by atoms with Gasteiger partial charge in [0.1, 0.15) is 6.04 Å². The van der Waals surface area contributed by atoms with Crippen molar-refractivity contribution in [3.8, 4) is 0 Å².